The fraction of sp³-hybridized carbons (Fsp3) is 1.00. The first kappa shape index (κ1) is 116. The second-order valence-corrected chi connectivity index (χ2v) is 47.3. The lowest BCUT2D eigenvalue weighted by Crippen LogP contribution is -3.00. The van der Waals surface area contributed by atoms with E-state index in [1.807, 2.05) is 0 Å². The standard InChI is InChI=1S/3C32H68P.3BrH/c3*1-5-9-13-17-21-25-29-33(30-26-22-18-14-10-6-2,31-27-23-19-15-11-7-3)32-28-24-20-16-12-8-4;;;/h3*5-32H2,1-4H3;3*1H/q3*+1;;;/p-3. The van der Waals surface area contributed by atoms with Crippen LogP contribution in [-0.2, 0) is 0 Å². The smallest absolute Gasteiger partial charge is 0.0594 e. The quantitative estimate of drug-likeness (QED) is 0.0421. The average molecular weight is 1690 g/mol. The molecule has 0 aliphatic carbocycles. The number of hydrogen-bond acceptors (Lipinski definition) is 0. The fourth-order valence-electron chi connectivity index (χ4n) is 16.7. The van der Waals surface area contributed by atoms with Crippen LogP contribution in [0.1, 0.15) is 545 Å². The molecule has 0 heterocycles. The molecule has 0 unspecified atom stereocenters. The molecule has 0 aliphatic rings. The van der Waals surface area contributed by atoms with Crippen molar-refractivity contribution in [2.75, 3.05) is 73.9 Å². The maximum Gasteiger partial charge on any atom is 0.0594 e. The molecular formula is C96H204Br3P3. The molecule has 624 valence electrons. The second kappa shape index (κ2) is 99.8. The largest absolute Gasteiger partial charge is 1.00 e. The summed E-state index contributed by atoms with van der Waals surface area (Å²) in [6, 6.07) is 0. The number of halogens is 3. The molecule has 102 heavy (non-hydrogen) atoms. The molecule has 0 fully saturated rings. The van der Waals surface area contributed by atoms with E-state index in [2.05, 4.69) is 83.1 Å². The van der Waals surface area contributed by atoms with Gasteiger partial charge in [0.2, 0.25) is 0 Å². The van der Waals surface area contributed by atoms with Crippen LogP contribution >= 0.6 is 21.8 Å². The van der Waals surface area contributed by atoms with E-state index < -0.39 is 21.8 Å². The van der Waals surface area contributed by atoms with Gasteiger partial charge in [0.1, 0.15) is 0 Å². The number of unbranched alkanes of at least 4 members (excludes halogenated alkanes) is 60. The van der Waals surface area contributed by atoms with Crippen LogP contribution in [0.3, 0.4) is 0 Å². The molecule has 0 bridgehead atoms. The minimum atomic E-state index is -0.718. The Morgan fingerprint density at radius 2 is 0.147 bits per heavy atom. The van der Waals surface area contributed by atoms with Crippen molar-refractivity contribution < 1.29 is 50.9 Å². The Balaban J connectivity index is -0.000000334. The highest BCUT2D eigenvalue weighted by molar-refractivity contribution is 7.76. The molecule has 0 saturated carbocycles. The SMILES string of the molecule is CCCCCCCC[P+](CCCCCCCC)(CCCCCCCC)CCCCCCCC.CCCCCCCC[P+](CCCCCCCC)(CCCCCCCC)CCCCCCCC.CCCCCCCC[P+](CCCCCCCC)(CCCCCCCC)CCCCCCCC.[Br-].[Br-].[Br-]. The summed E-state index contributed by atoms with van der Waals surface area (Å²) in [5, 5.41) is 0. The molecule has 0 saturated heterocycles. The van der Waals surface area contributed by atoms with E-state index in [0.29, 0.717) is 0 Å². The minimum Gasteiger partial charge on any atom is -1.00 e. The van der Waals surface area contributed by atoms with Gasteiger partial charge in [0.25, 0.3) is 0 Å². The third kappa shape index (κ3) is 86.7. The Labute approximate surface area is 686 Å². The lowest BCUT2D eigenvalue weighted by atomic mass is 10.1. The Bertz CT molecular complexity index is 1020. The molecule has 0 aromatic carbocycles. The van der Waals surface area contributed by atoms with Gasteiger partial charge in [-0.05, 0) is 154 Å². The van der Waals surface area contributed by atoms with Crippen LogP contribution in [0.2, 0.25) is 0 Å². The summed E-state index contributed by atoms with van der Waals surface area (Å²) >= 11 is 0. The lowest BCUT2D eigenvalue weighted by molar-refractivity contribution is -0.00100. The Kier molecular flexibility index (Phi) is 113. The molecule has 0 N–H and O–H groups in total. The van der Waals surface area contributed by atoms with E-state index in [4.69, 9.17) is 0 Å². The van der Waals surface area contributed by atoms with Gasteiger partial charge in [0.15, 0.2) is 0 Å². The van der Waals surface area contributed by atoms with Crippen LogP contribution < -0.4 is 50.9 Å². The third-order valence-electron chi connectivity index (χ3n) is 23.8. The molecule has 0 rings (SSSR count). The summed E-state index contributed by atoms with van der Waals surface area (Å²) in [5.74, 6) is 0. The van der Waals surface area contributed by atoms with Gasteiger partial charge in [0.05, 0.1) is 73.9 Å². The van der Waals surface area contributed by atoms with Crippen LogP contribution in [0.15, 0.2) is 0 Å². The van der Waals surface area contributed by atoms with Gasteiger partial charge in [-0.25, -0.2) is 0 Å². The molecule has 0 aliphatic heterocycles. The van der Waals surface area contributed by atoms with Crippen molar-refractivity contribution in [2.24, 2.45) is 0 Å². The Hall–Kier alpha value is 2.73. The maximum absolute atomic E-state index is 2.35. The summed E-state index contributed by atoms with van der Waals surface area (Å²) in [7, 11) is -2.16. The van der Waals surface area contributed by atoms with Gasteiger partial charge in [0, 0.05) is 21.8 Å². The zero-order chi connectivity index (χ0) is 72.9. The predicted molar refractivity (Wildman–Crippen MR) is 480 cm³/mol. The van der Waals surface area contributed by atoms with Crippen molar-refractivity contribution in [2.45, 2.75) is 545 Å². The Morgan fingerprint density at radius 3 is 0.216 bits per heavy atom. The fourth-order valence-corrected chi connectivity index (χ4v) is 31.5. The topological polar surface area (TPSA) is 0 Å². The van der Waals surface area contributed by atoms with Crippen LogP contribution in [0, 0.1) is 0 Å². The normalized spacial score (nSPS) is 11.6. The van der Waals surface area contributed by atoms with E-state index in [-0.39, 0.29) is 50.9 Å². The summed E-state index contributed by atoms with van der Waals surface area (Å²) in [6.07, 6.45) is 126. The van der Waals surface area contributed by atoms with Crippen molar-refractivity contribution in [3.05, 3.63) is 0 Å². The summed E-state index contributed by atoms with van der Waals surface area (Å²) in [6.45, 7) is 28.1. The van der Waals surface area contributed by atoms with Crippen LogP contribution in [0.25, 0.3) is 0 Å². The molecule has 0 spiro atoms. The van der Waals surface area contributed by atoms with Crippen molar-refractivity contribution in [1.82, 2.24) is 0 Å². The predicted octanol–water partition coefficient (Wildman–Crippen LogP) is 28.4. The molecule has 0 nitrogen and oxygen atoms in total. The maximum atomic E-state index is 2.35. The molecule has 0 aromatic rings. The molecular weight excluding hydrogens is 1490 g/mol. The van der Waals surface area contributed by atoms with Crippen LogP contribution in [0.5, 0.6) is 0 Å². The van der Waals surface area contributed by atoms with E-state index in [0.717, 1.165) is 0 Å². The average Bonchev–Trinajstić information content (AvgIpc) is 0.894. The van der Waals surface area contributed by atoms with Crippen molar-refractivity contribution >= 4 is 21.8 Å². The Morgan fingerprint density at radius 1 is 0.0882 bits per heavy atom. The van der Waals surface area contributed by atoms with E-state index in [1.54, 1.807) is 151 Å². The second-order valence-electron chi connectivity index (χ2n) is 33.9. The van der Waals surface area contributed by atoms with E-state index in [9.17, 15) is 0 Å². The first-order chi connectivity index (χ1) is 48.7. The van der Waals surface area contributed by atoms with Gasteiger partial charge < -0.3 is 50.9 Å². The van der Waals surface area contributed by atoms with E-state index >= 15 is 0 Å². The molecule has 0 aromatic heterocycles. The molecule has 0 amide bonds. The van der Waals surface area contributed by atoms with Crippen molar-refractivity contribution in [3.8, 4) is 0 Å². The molecule has 6 heteroatoms. The van der Waals surface area contributed by atoms with E-state index in [1.165, 1.54) is 385 Å². The molecule has 0 radical (unpaired) electrons. The van der Waals surface area contributed by atoms with Gasteiger partial charge >= 0.3 is 0 Å². The molecule has 0 atom stereocenters. The summed E-state index contributed by atoms with van der Waals surface area (Å²) in [5.41, 5.74) is 0. The highest BCUT2D eigenvalue weighted by Gasteiger charge is 2.37. The zero-order valence-electron chi connectivity index (χ0n) is 73.9. The highest BCUT2D eigenvalue weighted by atomic mass is 79.9. The van der Waals surface area contributed by atoms with Gasteiger partial charge in [-0.15, -0.1) is 0 Å². The first-order valence-electron chi connectivity index (χ1n) is 48.3. The summed E-state index contributed by atoms with van der Waals surface area (Å²) < 4.78 is 0. The lowest BCUT2D eigenvalue weighted by Gasteiger charge is -2.28. The number of hydrogen-bond donors (Lipinski definition) is 0. The van der Waals surface area contributed by atoms with Crippen LogP contribution in [0.4, 0.5) is 0 Å². The highest BCUT2D eigenvalue weighted by Crippen LogP contribution is 2.64. The van der Waals surface area contributed by atoms with Crippen molar-refractivity contribution in [1.29, 1.82) is 0 Å². The number of rotatable bonds is 84. The van der Waals surface area contributed by atoms with Gasteiger partial charge in [-0.1, -0.05) is 391 Å². The van der Waals surface area contributed by atoms with Gasteiger partial charge in [-0.3, -0.25) is 0 Å². The monoisotopic (exact) mass is 1690 g/mol. The minimum absolute atomic E-state index is 0. The third-order valence-corrected chi connectivity index (χ3v) is 39.0. The zero-order valence-corrected chi connectivity index (χ0v) is 81.3. The van der Waals surface area contributed by atoms with Crippen LogP contribution in [-0.4, -0.2) is 73.9 Å². The van der Waals surface area contributed by atoms with Crippen molar-refractivity contribution in [3.63, 3.8) is 0 Å². The van der Waals surface area contributed by atoms with Gasteiger partial charge in [-0.2, -0.15) is 0 Å². The summed E-state index contributed by atoms with van der Waals surface area (Å²) in [4.78, 5) is 0. The first-order valence-corrected chi connectivity index (χ1v) is 55.9.